The molecule has 2 rings (SSSR count). The van der Waals surface area contributed by atoms with Crippen LogP contribution in [0.3, 0.4) is 0 Å². The van der Waals surface area contributed by atoms with Crippen LogP contribution >= 0.6 is 15.9 Å². The molecule has 1 heterocycles. The summed E-state index contributed by atoms with van der Waals surface area (Å²) in [6, 6.07) is 2.33. The number of esters is 1. The zero-order chi connectivity index (χ0) is 14.2. The van der Waals surface area contributed by atoms with Crippen LogP contribution in [0.1, 0.15) is 16.8 Å². The van der Waals surface area contributed by atoms with Crippen LogP contribution in [-0.4, -0.2) is 36.7 Å². The molecule has 1 N–H and O–H groups in total. The summed E-state index contributed by atoms with van der Waals surface area (Å²) in [6.07, 6.45) is -0.858. The van der Waals surface area contributed by atoms with E-state index in [2.05, 4.69) is 20.7 Å². The van der Waals surface area contributed by atoms with Crippen LogP contribution in [0.15, 0.2) is 16.6 Å². The van der Waals surface area contributed by atoms with Gasteiger partial charge < -0.3 is 14.7 Å². The second-order valence-corrected chi connectivity index (χ2v) is 4.99. The highest BCUT2D eigenvalue weighted by molar-refractivity contribution is 9.10. The third-order valence-corrected chi connectivity index (χ3v) is 3.45. The van der Waals surface area contributed by atoms with Gasteiger partial charge in [-0.25, -0.2) is 9.18 Å². The van der Waals surface area contributed by atoms with Gasteiger partial charge in [0.1, 0.15) is 5.82 Å². The number of benzene rings is 1. The average Bonchev–Trinajstić information content (AvgIpc) is 2.70. The van der Waals surface area contributed by atoms with Crippen LogP contribution in [0.2, 0.25) is 0 Å². The second kappa shape index (κ2) is 5.26. The highest BCUT2D eigenvalue weighted by Gasteiger charge is 2.32. The van der Waals surface area contributed by atoms with Crippen molar-refractivity contribution in [1.82, 2.24) is 0 Å². The van der Waals surface area contributed by atoms with Gasteiger partial charge in [-0.05, 0) is 28.1 Å². The van der Waals surface area contributed by atoms with E-state index in [0.717, 1.165) is 6.07 Å². The summed E-state index contributed by atoms with van der Waals surface area (Å²) in [5.74, 6) is -1.64. The van der Waals surface area contributed by atoms with Crippen molar-refractivity contribution in [3.8, 4) is 0 Å². The largest absolute Gasteiger partial charge is 0.465 e. The summed E-state index contributed by atoms with van der Waals surface area (Å²) in [7, 11) is 1.20. The third kappa shape index (κ3) is 2.62. The Kier molecular flexibility index (Phi) is 3.86. The van der Waals surface area contributed by atoms with Crippen LogP contribution in [0.4, 0.5) is 10.1 Å². The van der Waals surface area contributed by atoms with Crippen molar-refractivity contribution in [2.45, 2.75) is 12.5 Å². The van der Waals surface area contributed by atoms with Crippen molar-refractivity contribution in [3.05, 3.63) is 28.0 Å². The number of nitrogens with zero attached hydrogens (tertiary/aromatic N) is 1. The summed E-state index contributed by atoms with van der Waals surface area (Å²) >= 11 is 2.98. The maximum atomic E-state index is 13.6. The van der Waals surface area contributed by atoms with Gasteiger partial charge in [0.25, 0.3) is 0 Å². The fourth-order valence-corrected chi connectivity index (χ4v) is 2.30. The van der Waals surface area contributed by atoms with Crippen molar-refractivity contribution in [1.29, 1.82) is 0 Å². The summed E-state index contributed by atoms with van der Waals surface area (Å²) in [5, 5.41) is 9.46. The van der Waals surface area contributed by atoms with E-state index in [-0.39, 0.29) is 34.6 Å². The molecule has 0 spiro atoms. The van der Waals surface area contributed by atoms with Crippen molar-refractivity contribution in [2.75, 3.05) is 18.6 Å². The number of aliphatic hydroxyl groups excluding tert-OH is 1. The van der Waals surface area contributed by atoms with Crippen molar-refractivity contribution < 1.29 is 23.8 Å². The number of ether oxygens (including phenoxy) is 1. The first-order valence-electron chi connectivity index (χ1n) is 5.49. The SMILES string of the molecule is COC(=O)c1cc(Br)c(F)cc1N1CC(O)CC1=O. The van der Waals surface area contributed by atoms with Crippen molar-refractivity contribution in [2.24, 2.45) is 0 Å². The number of rotatable bonds is 2. The van der Waals surface area contributed by atoms with E-state index in [1.54, 1.807) is 0 Å². The van der Waals surface area contributed by atoms with Crippen LogP contribution in [-0.2, 0) is 9.53 Å². The highest BCUT2D eigenvalue weighted by atomic mass is 79.9. The molecule has 5 nitrogen and oxygen atoms in total. The molecule has 0 saturated carbocycles. The molecule has 1 aliphatic heterocycles. The van der Waals surface area contributed by atoms with Gasteiger partial charge in [0.15, 0.2) is 0 Å². The quantitative estimate of drug-likeness (QED) is 0.833. The molecule has 0 bridgehead atoms. The Labute approximate surface area is 117 Å². The Morgan fingerprint density at radius 3 is 2.79 bits per heavy atom. The topological polar surface area (TPSA) is 66.8 Å². The van der Waals surface area contributed by atoms with Crippen LogP contribution in [0.5, 0.6) is 0 Å². The molecule has 0 radical (unpaired) electrons. The molecule has 102 valence electrons. The summed E-state index contributed by atoms with van der Waals surface area (Å²) in [4.78, 5) is 24.6. The zero-order valence-electron chi connectivity index (χ0n) is 10.0. The van der Waals surface area contributed by atoms with E-state index in [1.165, 1.54) is 18.1 Å². The molecular weight excluding hydrogens is 321 g/mol. The molecule has 1 unspecified atom stereocenters. The number of β-amino-alcohol motifs (C(OH)–C–C–N with tert-alkyl or cyclic N) is 1. The van der Waals surface area contributed by atoms with Crippen LogP contribution < -0.4 is 4.90 Å². The number of halogens is 2. The number of anilines is 1. The van der Waals surface area contributed by atoms with Crippen LogP contribution in [0.25, 0.3) is 0 Å². The predicted molar refractivity (Wildman–Crippen MR) is 68.4 cm³/mol. The number of aliphatic hydroxyl groups is 1. The molecule has 1 amide bonds. The first kappa shape index (κ1) is 14.0. The lowest BCUT2D eigenvalue weighted by molar-refractivity contribution is -0.117. The maximum absolute atomic E-state index is 13.6. The lowest BCUT2D eigenvalue weighted by Gasteiger charge is -2.19. The lowest BCUT2D eigenvalue weighted by atomic mass is 10.1. The minimum absolute atomic E-state index is 0.0316. The molecular formula is C12H11BrFNO4. The Hall–Kier alpha value is -1.47. The van der Waals surface area contributed by atoms with Crippen LogP contribution in [0, 0.1) is 5.82 Å². The molecule has 1 fully saturated rings. The number of amides is 1. The minimum atomic E-state index is -0.815. The number of methoxy groups -OCH3 is 1. The lowest BCUT2D eigenvalue weighted by Crippen LogP contribution is -2.27. The van der Waals surface area contributed by atoms with Gasteiger partial charge in [-0.2, -0.15) is 0 Å². The summed E-state index contributed by atoms with van der Waals surface area (Å²) < 4.78 is 18.3. The van der Waals surface area contributed by atoms with E-state index in [4.69, 9.17) is 0 Å². The monoisotopic (exact) mass is 331 g/mol. The zero-order valence-corrected chi connectivity index (χ0v) is 11.6. The Balaban J connectivity index is 2.52. The van der Waals surface area contributed by atoms with Gasteiger partial charge in [-0.3, -0.25) is 4.79 Å². The Morgan fingerprint density at radius 1 is 1.58 bits per heavy atom. The first-order valence-corrected chi connectivity index (χ1v) is 6.29. The van der Waals surface area contributed by atoms with E-state index in [0.29, 0.717) is 0 Å². The van der Waals surface area contributed by atoms with Crippen molar-refractivity contribution >= 4 is 33.5 Å². The van der Waals surface area contributed by atoms with Gasteiger partial charge in [-0.15, -0.1) is 0 Å². The molecule has 1 saturated heterocycles. The number of hydrogen-bond acceptors (Lipinski definition) is 4. The third-order valence-electron chi connectivity index (χ3n) is 2.84. The number of carbonyl (C=O) groups is 2. The Bertz CT molecular complexity index is 549. The second-order valence-electron chi connectivity index (χ2n) is 4.14. The number of carbonyl (C=O) groups excluding carboxylic acids is 2. The minimum Gasteiger partial charge on any atom is -0.465 e. The maximum Gasteiger partial charge on any atom is 0.340 e. The van der Waals surface area contributed by atoms with E-state index in [1.807, 2.05) is 0 Å². The van der Waals surface area contributed by atoms with Gasteiger partial charge in [-0.1, -0.05) is 0 Å². The fraction of sp³-hybridized carbons (Fsp3) is 0.333. The number of hydrogen-bond donors (Lipinski definition) is 1. The molecule has 0 aliphatic carbocycles. The van der Waals surface area contributed by atoms with Gasteiger partial charge >= 0.3 is 5.97 Å². The Morgan fingerprint density at radius 2 is 2.26 bits per heavy atom. The van der Waals surface area contributed by atoms with Gasteiger partial charge in [0, 0.05) is 0 Å². The molecule has 7 heteroatoms. The molecule has 1 aliphatic rings. The molecule has 1 aromatic rings. The average molecular weight is 332 g/mol. The first-order chi connectivity index (χ1) is 8.93. The van der Waals surface area contributed by atoms with Crippen molar-refractivity contribution in [3.63, 3.8) is 0 Å². The molecule has 1 aromatic carbocycles. The summed E-state index contributed by atoms with van der Waals surface area (Å²) in [6.45, 7) is 0.0316. The van der Waals surface area contributed by atoms with E-state index < -0.39 is 17.9 Å². The fourth-order valence-electron chi connectivity index (χ4n) is 1.95. The predicted octanol–water partition coefficient (Wildman–Crippen LogP) is 1.47. The molecule has 1 atom stereocenters. The molecule has 0 aromatic heterocycles. The van der Waals surface area contributed by atoms with Gasteiger partial charge in [0.05, 0.1) is 41.9 Å². The summed E-state index contributed by atoms with van der Waals surface area (Å²) in [5.41, 5.74) is 0.173. The molecule has 19 heavy (non-hydrogen) atoms. The van der Waals surface area contributed by atoms with Gasteiger partial charge in [0.2, 0.25) is 5.91 Å². The smallest absolute Gasteiger partial charge is 0.340 e. The van der Waals surface area contributed by atoms with E-state index in [9.17, 15) is 19.1 Å². The standard InChI is InChI=1S/C12H11BrFNO4/c1-19-12(18)7-3-8(13)9(14)4-10(7)15-5-6(16)2-11(15)17/h3-4,6,16H,2,5H2,1H3. The normalized spacial score (nSPS) is 18.8. The highest BCUT2D eigenvalue weighted by Crippen LogP contribution is 2.31. The van der Waals surface area contributed by atoms with E-state index >= 15 is 0 Å².